The summed E-state index contributed by atoms with van der Waals surface area (Å²) in [6.07, 6.45) is 2.48. The molecule has 0 bridgehead atoms. The van der Waals surface area contributed by atoms with Gasteiger partial charge in [0, 0.05) is 19.6 Å². The lowest BCUT2D eigenvalue weighted by atomic mass is 9.90. The Balaban J connectivity index is 2.18. The predicted octanol–water partition coefficient (Wildman–Crippen LogP) is 1.36. The van der Waals surface area contributed by atoms with Crippen LogP contribution in [0.15, 0.2) is 6.33 Å². The van der Waals surface area contributed by atoms with E-state index in [-0.39, 0.29) is 11.2 Å². The molecule has 1 saturated heterocycles. The number of aromatic nitrogens is 2. The summed E-state index contributed by atoms with van der Waals surface area (Å²) in [6, 6.07) is 0. The van der Waals surface area contributed by atoms with Crippen molar-refractivity contribution in [2.45, 2.75) is 20.3 Å². The zero-order chi connectivity index (χ0) is 12.5. The van der Waals surface area contributed by atoms with Crippen molar-refractivity contribution in [2.75, 3.05) is 31.6 Å². The molecule has 0 radical (unpaired) electrons. The summed E-state index contributed by atoms with van der Waals surface area (Å²) in [5.74, 6) is 0.151. The molecular weight excluding hydrogens is 219 g/mol. The van der Waals surface area contributed by atoms with Crippen molar-refractivity contribution < 1.29 is 4.39 Å². The fourth-order valence-corrected chi connectivity index (χ4v) is 2.44. The van der Waals surface area contributed by atoms with E-state index in [1.165, 1.54) is 6.33 Å². The van der Waals surface area contributed by atoms with Gasteiger partial charge in [0.05, 0.1) is 5.69 Å². The van der Waals surface area contributed by atoms with E-state index >= 15 is 0 Å². The molecule has 2 heterocycles. The molecule has 1 aromatic heterocycles. The number of anilines is 1. The first-order chi connectivity index (χ1) is 8.06. The van der Waals surface area contributed by atoms with E-state index in [1.807, 2.05) is 11.9 Å². The predicted molar refractivity (Wildman–Crippen MR) is 65.6 cm³/mol. The Kier molecular flexibility index (Phi) is 3.28. The molecule has 0 spiro atoms. The summed E-state index contributed by atoms with van der Waals surface area (Å²) in [6.45, 7) is 6.51. The zero-order valence-electron chi connectivity index (χ0n) is 10.6. The lowest BCUT2D eigenvalue weighted by molar-refractivity contribution is 0.355. The third kappa shape index (κ3) is 2.39. The van der Waals surface area contributed by atoms with Crippen LogP contribution in [0, 0.1) is 18.2 Å². The average Bonchev–Trinajstić information content (AvgIpc) is 2.65. The van der Waals surface area contributed by atoms with Crippen molar-refractivity contribution in [3.63, 3.8) is 0 Å². The Morgan fingerprint density at radius 2 is 2.29 bits per heavy atom. The van der Waals surface area contributed by atoms with Gasteiger partial charge in [-0.15, -0.1) is 0 Å². The van der Waals surface area contributed by atoms with Crippen molar-refractivity contribution in [1.82, 2.24) is 15.3 Å². The number of nitrogens with one attached hydrogen (secondary N) is 1. The van der Waals surface area contributed by atoms with Crippen molar-refractivity contribution in [3.8, 4) is 0 Å². The maximum Gasteiger partial charge on any atom is 0.186 e. The summed E-state index contributed by atoms with van der Waals surface area (Å²) in [4.78, 5) is 9.94. The summed E-state index contributed by atoms with van der Waals surface area (Å²) in [5, 5.41) is 3.19. The van der Waals surface area contributed by atoms with Gasteiger partial charge in [-0.3, -0.25) is 0 Å². The fourth-order valence-electron chi connectivity index (χ4n) is 2.44. The van der Waals surface area contributed by atoms with E-state index in [0.717, 1.165) is 26.1 Å². The van der Waals surface area contributed by atoms with Gasteiger partial charge in [-0.2, -0.15) is 0 Å². The summed E-state index contributed by atoms with van der Waals surface area (Å²) >= 11 is 0. The van der Waals surface area contributed by atoms with Gasteiger partial charge in [0.2, 0.25) is 0 Å². The molecule has 2 rings (SSSR count). The van der Waals surface area contributed by atoms with E-state index in [0.29, 0.717) is 11.5 Å². The van der Waals surface area contributed by atoms with E-state index in [2.05, 4.69) is 22.2 Å². The lowest BCUT2D eigenvalue weighted by Crippen LogP contribution is -2.33. The Bertz CT molecular complexity index is 409. The second-order valence-electron chi connectivity index (χ2n) is 5.11. The molecule has 1 aliphatic rings. The van der Waals surface area contributed by atoms with Crippen LogP contribution in [0.1, 0.15) is 19.0 Å². The maximum absolute atomic E-state index is 13.9. The molecule has 1 unspecified atom stereocenters. The van der Waals surface area contributed by atoms with Gasteiger partial charge in [-0.25, -0.2) is 14.4 Å². The van der Waals surface area contributed by atoms with Gasteiger partial charge in [0.25, 0.3) is 0 Å². The first-order valence-electron chi connectivity index (χ1n) is 5.92. The number of rotatable bonds is 3. The van der Waals surface area contributed by atoms with Crippen molar-refractivity contribution in [2.24, 2.45) is 5.41 Å². The monoisotopic (exact) mass is 238 g/mol. The summed E-state index contributed by atoms with van der Waals surface area (Å²) < 4.78 is 13.9. The number of hydrogen-bond acceptors (Lipinski definition) is 4. The van der Waals surface area contributed by atoms with Gasteiger partial charge < -0.3 is 10.2 Å². The highest BCUT2D eigenvalue weighted by atomic mass is 19.1. The Hall–Kier alpha value is -1.23. The normalized spacial score (nSPS) is 24.4. The minimum atomic E-state index is -0.291. The van der Waals surface area contributed by atoms with E-state index < -0.39 is 0 Å². The fraction of sp³-hybridized carbons (Fsp3) is 0.667. The molecular formula is C12H19FN4. The van der Waals surface area contributed by atoms with E-state index in [1.54, 1.807) is 6.92 Å². The topological polar surface area (TPSA) is 41.0 Å². The highest BCUT2D eigenvalue weighted by Crippen LogP contribution is 2.32. The number of aryl methyl sites for hydroxylation is 1. The standard InChI is InChI=1S/C12H19FN4/c1-9-10(13)11(16-8-15-9)17-5-4-12(2,7-17)6-14-3/h8,14H,4-7H2,1-3H3. The van der Waals surface area contributed by atoms with Crippen LogP contribution < -0.4 is 10.2 Å². The Labute approximate surface area is 101 Å². The number of nitrogens with zero attached hydrogens (tertiary/aromatic N) is 3. The molecule has 94 valence electrons. The Morgan fingerprint density at radius 1 is 1.53 bits per heavy atom. The van der Waals surface area contributed by atoms with Crippen molar-refractivity contribution in [3.05, 3.63) is 17.8 Å². The van der Waals surface area contributed by atoms with Gasteiger partial charge in [-0.05, 0) is 25.8 Å². The summed E-state index contributed by atoms with van der Waals surface area (Å²) in [5.41, 5.74) is 0.609. The number of hydrogen-bond donors (Lipinski definition) is 1. The highest BCUT2D eigenvalue weighted by Gasteiger charge is 2.34. The van der Waals surface area contributed by atoms with Gasteiger partial charge in [0.1, 0.15) is 6.33 Å². The van der Waals surface area contributed by atoms with Gasteiger partial charge >= 0.3 is 0 Å². The number of halogens is 1. The molecule has 1 fully saturated rings. The van der Waals surface area contributed by atoms with Crippen LogP contribution in [0.4, 0.5) is 10.2 Å². The molecule has 5 heteroatoms. The van der Waals surface area contributed by atoms with Crippen LogP contribution in [-0.4, -0.2) is 36.6 Å². The van der Waals surface area contributed by atoms with Crippen LogP contribution in [-0.2, 0) is 0 Å². The average molecular weight is 238 g/mol. The van der Waals surface area contributed by atoms with E-state index in [9.17, 15) is 4.39 Å². The quantitative estimate of drug-likeness (QED) is 0.863. The van der Waals surface area contributed by atoms with Crippen LogP contribution in [0.3, 0.4) is 0 Å². The molecule has 0 aromatic carbocycles. The molecule has 0 saturated carbocycles. The van der Waals surface area contributed by atoms with Crippen LogP contribution in [0.2, 0.25) is 0 Å². The molecule has 1 aromatic rings. The molecule has 0 aliphatic carbocycles. The Morgan fingerprint density at radius 3 is 3.00 bits per heavy atom. The first kappa shape index (κ1) is 12.2. The first-order valence-corrected chi connectivity index (χ1v) is 5.92. The highest BCUT2D eigenvalue weighted by molar-refractivity contribution is 5.42. The second-order valence-corrected chi connectivity index (χ2v) is 5.11. The largest absolute Gasteiger partial charge is 0.353 e. The van der Waals surface area contributed by atoms with Crippen molar-refractivity contribution >= 4 is 5.82 Å². The van der Waals surface area contributed by atoms with Crippen LogP contribution in [0.25, 0.3) is 0 Å². The SMILES string of the molecule is CNCC1(C)CCN(c2ncnc(C)c2F)C1. The maximum atomic E-state index is 13.9. The van der Waals surface area contributed by atoms with E-state index in [4.69, 9.17) is 0 Å². The minimum absolute atomic E-state index is 0.194. The lowest BCUT2D eigenvalue weighted by Gasteiger charge is -2.24. The van der Waals surface area contributed by atoms with Gasteiger partial charge in [-0.1, -0.05) is 6.92 Å². The van der Waals surface area contributed by atoms with Crippen LogP contribution >= 0.6 is 0 Å². The molecule has 1 atom stereocenters. The molecule has 4 nitrogen and oxygen atoms in total. The zero-order valence-corrected chi connectivity index (χ0v) is 10.6. The second kappa shape index (κ2) is 4.56. The third-order valence-electron chi connectivity index (χ3n) is 3.41. The molecule has 1 aliphatic heterocycles. The minimum Gasteiger partial charge on any atom is -0.353 e. The molecule has 0 amide bonds. The smallest absolute Gasteiger partial charge is 0.186 e. The van der Waals surface area contributed by atoms with Crippen molar-refractivity contribution in [1.29, 1.82) is 0 Å². The molecule has 17 heavy (non-hydrogen) atoms. The molecule has 1 N–H and O–H groups in total. The van der Waals surface area contributed by atoms with Gasteiger partial charge in [0.15, 0.2) is 11.6 Å². The third-order valence-corrected chi connectivity index (χ3v) is 3.41. The van der Waals surface area contributed by atoms with Crippen LogP contribution in [0.5, 0.6) is 0 Å². The summed E-state index contributed by atoms with van der Waals surface area (Å²) in [7, 11) is 1.95.